The second-order valence-corrected chi connectivity index (χ2v) is 7.18. The highest BCUT2D eigenvalue weighted by molar-refractivity contribution is 5.98. The maximum absolute atomic E-state index is 12.7. The molecule has 3 aromatic rings. The number of carbonyl (C=O) groups is 2. The molecule has 0 spiro atoms. The van der Waals surface area contributed by atoms with Crippen LogP contribution in [0.25, 0.3) is 0 Å². The summed E-state index contributed by atoms with van der Waals surface area (Å²) < 4.78 is 44.7. The summed E-state index contributed by atoms with van der Waals surface area (Å²) in [5, 5.41) is 3.25. The molecule has 7 nitrogen and oxygen atoms in total. The minimum atomic E-state index is -4.68. The van der Waals surface area contributed by atoms with E-state index in [-0.39, 0.29) is 11.3 Å². The number of amides is 2. The molecule has 0 unspecified atom stereocenters. The van der Waals surface area contributed by atoms with Gasteiger partial charge in [-0.1, -0.05) is 18.2 Å². The molecule has 32 heavy (non-hydrogen) atoms. The van der Waals surface area contributed by atoms with E-state index in [9.17, 15) is 22.8 Å². The second-order valence-electron chi connectivity index (χ2n) is 7.18. The Hall–Kier alpha value is -3.82. The number of rotatable bonds is 5. The van der Waals surface area contributed by atoms with E-state index in [0.29, 0.717) is 12.7 Å². The van der Waals surface area contributed by atoms with Crippen molar-refractivity contribution in [3.8, 4) is 5.75 Å². The van der Waals surface area contributed by atoms with Crippen molar-refractivity contribution in [3.05, 3.63) is 82.2 Å². The van der Waals surface area contributed by atoms with Gasteiger partial charge < -0.3 is 4.74 Å². The number of hydrazine groups is 1. The van der Waals surface area contributed by atoms with Crippen molar-refractivity contribution >= 4 is 11.8 Å². The second kappa shape index (κ2) is 9.13. The van der Waals surface area contributed by atoms with Crippen molar-refractivity contribution in [2.45, 2.75) is 26.6 Å². The topological polar surface area (TPSA) is 85.2 Å². The SMILES string of the molecule is Cc1ccc(OCc2ccc(C(=O)NNC(=O)c3cc(C(F)(F)F)nn3C)cc2)cc1C. The molecule has 2 amide bonds. The molecule has 0 fully saturated rings. The average molecular weight is 446 g/mol. The van der Waals surface area contributed by atoms with Crippen molar-refractivity contribution < 1.29 is 27.5 Å². The molecule has 0 bridgehead atoms. The number of hydrogen-bond acceptors (Lipinski definition) is 4. The van der Waals surface area contributed by atoms with Crippen molar-refractivity contribution in [3.63, 3.8) is 0 Å². The summed E-state index contributed by atoms with van der Waals surface area (Å²) in [6.45, 7) is 4.32. The van der Waals surface area contributed by atoms with Gasteiger partial charge in [0.1, 0.15) is 18.1 Å². The van der Waals surface area contributed by atoms with Gasteiger partial charge in [-0.3, -0.25) is 25.1 Å². The number of nitrogens with zero attached hydrogens (tertiary/aromatic N) is 2. The van der Waals surface area contributed by atoms with E-state index < -0.39 is 23.7 Å². The zero-order chi connectivity index (χ0) is 23.5. The van der Waals surface area contributed by atoms with E-state index in [1.54, 1.807) is 24.3 Å². The zero-order valence-electron chi connectivity index (χ0n) is 17.6. The smallest absolute Gasteiger partial charge is 0.435 e. The van der Waals surface area contributed by atoms with Crippen molar-refractivity contribution in [2.24, 2.45) is 7.05 Å². The molecule has 0 atom stereocenters. The molecule has 3 rings (SSSR count). The van der Waals surface area contributed by atoms with E-state index in [4.69, 9.17) is 4.74 Å². The number of halogens is 3. The van der Waals surface area contributed by atoms with E-state index >= 15 is 0 Å². The molecule has 0 aliphatic rings. The Morgan fingerprint density at radius 2 is 1.62 bits per heavy atom. The van der Waals surface area contributed by atoms with Crippen LogP contribution in [-0.2, 0) is 19.8 Å². The van der Waals surface area contributed by atoms with Gasteiger partial charge in [0.25, 0.3) is 11.8 Å². The molecule has 0 aliphatic carbocycles. The molecule has 0 radical (unpaired) electrons. The van der Waals surface area contributed by atoms with Gasteiger partial charge in [-0.15, -0.1) is 0 Å². The summed E-state index contributed by atoms with van der Waals surface area (Å²) in [6.07, 6.45) is -4.68. The fourth-order valence-corrected chi connectivity index (χ4v) is 2.79. The standard InChI is InChI=1S/C22H21F3N4O3/c1-13-4-9-17(10-14(13)2)32-12-15-5-7-16(8-6-15)20(30)26-27-21(31)18-11-19(22(23,24)25)28-29(18)3/h4-11H,12H2,1-3H3,(H,26,30)(H,27,31). The average Bonchev–Trinajstić information content (AvgIpc) is 3.15. The number of hydrogen-bond donors (Lipinski definition) is 2. The maximum Gasteiger partial charge on any atom is 0.435 e. The molecule has 1 heterocycles. The molecule has 10 heteroatoms. The monoisotopic (exact) mass is 446 g/mol. The fraction of sp³-hybridized carbons (Fsp3) is 0.227. The lowest BCUT2D eigenvalue weighted by Crippen LogP contribution is -2.42. The van der Waals surface area contributed by atoms with E-state index in [1.165, 1.54) is 12.6 Å². The Bertz CT molecular complexity index is 1140. The minimum Gasteiger partial charge on any atom is -0.489 e. The van der Waals surface area contributed by atoms with Crippen LogP contribution < -0.4 is 15.6 Å². The predicted molar refractivity (Wildman–Crippen MR) is 110 cm³/mol. The van der Waals surface area contributed by atoms with E-state index in [1.807, 2.05) is 32.0 Å². The third-order valence-electron chi connectivity index (χ3n) is 4.79. The number of benzene rings is 2. The van der Waals surface area contributed by atoms with Gasteiger partial charge in [-0.25, -0.2) is 0 Å². The van der Waals surface area contributed by atoms with Gasteiger partial charge in [0.05, 0.1) is 0 Å². The Morgan fingerprint density at radius 3 is 2.22 bits per heavy atom. The van der Waals surface area contributed by atoms with Crippen LogP contribution in [-0.4, -0.2) is 21.6 Å². The van der Waals surface area contributed by atoms with E-state index in [0.717, 1.165) is 21.6 Å². The first-order chi connectivity index (χ1) is 15.0. The molecule has 0 saturated carbocycles. The number of ether oxygens (including phenoxy) is 1. The van der Waals surface area contributed by atoms with Gasteiger partial charge in [0, 0.05) is 18.7 Å². The molecule has 2 aromatic carbocycles. The molecule has 168 valence electrons. The summed E-state index contributed by atoms with van der Waals surface area (Å²) in [4.78, 5) is 24.3. The van der Waals surface area contributed by atoms with Gasteiger partial charge in [-0.2, -0.15) is 18.3 Å². The van der Waals surface area contributed by atoms with Crippen LogP contribution in [0.2, 0.25) is 0 Å². The van der Waals surface area contributed by atoms with Gasteiger partial charge in [0.2, 0.25) is 0 Å². The Labute approximate surface area is 182 Å². The van der Waals surface area contributed by atoms with Crippen LogP contribution in [0, 0.1) is 13.8 Å². The molecule has 0 saturated heterocycles. The number of alkyl halides is 3. The van der Waals surface area contributed by atoms with Crippen LogP contribution in [0.5, 0.6) is 5.75 Å². The van der Waals surface area contributed by atoms with Crippen LogP contribution in [0.3, 0.4) is 0 Å². The Morgan fingerprint density at radius 1 is 0.969 bits per heavy atom. The summed E-state index contributed by atoms with van der Waals surface area (Å²) in [5.41, 5.74) is 6.08. The van der Waals surface area contributed by atoms with Crippen LogP contribution >= 0.6 is 0 Å². The quantitative estimate of drug-likeness (QED) is 0.586. The van der Waals surface area contributed by atoms with Gasteiger partial charge in [0.15, 0.2) is 5.69 Å². The largest absolute Gasteiger partial charge is 0.489 e. The fourth-order valence-electron chi connectivity index (χ4n) is 2.79. The number of aryl methyl sites for hydroxylation is 3. The van der Waals surface area contributed by atoms with E-state index in [2.05, 4.69) is 16.0 Å². The Balaban J connectivity index is 1.55. The summed E-state index contributed by atoms with van der Waals surface area (Å²) in [7, 11) is 1.20. The normalized spacial score (nSPS) is 11.2. The first-order valence-electron chi connectivity index (χ1n) is 9.55. The third-order valence-corrected chi connectivity index (χ3v) is 4.79. The van der Waals surface area contributed by atoms with Crippen molar-refractivity contribution in [1.82, 2.24) is 20.6 Å². The van der Waals surface area contributed by atoms with Crippen LogP contribution in [0.4, 0.5) is 13.2 Å². The molecular formula is C22H21F3N4O3. The van der Waals surface area contributed by atoms with Gasteiger partial charge in [-0.05, 0) is 54.8 Å². The lowest BCUT2D eigenvalue weighted by atomic mass is 10.1. The number of aromatic nitrogens is 2. The number of nitrogens with one attached hydrogen (secondary N) is 2. The van der Waals surface area contributed by atoms with Crippen LogP contribution in [0.15, 0.2) is 48.5 Å². The zero-order valence-corrected chi connectivity index (χ0v) is 17.6. The summed E-state index contributed by atoms with van der Waals surface area (Å²) in [6, 6.07) is 12.9. The highest BCUT2D eigenvalue weighted by Crippen LogP contribution is 2.28. The first kappa shape index (κ1) is 22.9. The first-order valence-corrected chi connectivity index (χ1v) is 9.55. The van der Waals surface area contributed by atoms with Crippen LogP contribution in [0.1, 0.15) is 43.2 Å². The maximum atomic E-state index is 12.7. The van der Waals surface area contributed by atoms with Crippen molar-refractivity contribution in [1.29, 1.82) is 0 Å². The number of carbonyl (C=O) groups excluding carboxylic acids is 2. The molecule has 2 N–H and O–H groups in total. The minimum absolute atomic E-state index is 0.251. The highest BCUT2D eigenvalue weighted by atomic mass is 19.4. The lowest BCUT2D eigenvalue weighted by Gasteiger charge is -2.10. The van der Waals surface area contributed by atoms with Crippen molar-refractivity contribution in [2.75, 3.05) is 0 Å². The third kappa shape index (κ3) is 5.45. The highest BCUT2D eigenvalue weighted by Gasteiger charge is 2.35. The molecule has 0 aliphatic heterocycles. The molecule has 1 aromatic heterocycles. The summed E-state index contributed by atoms with van der Waals surface area (Å²) in [5.74, 6) is -0.818. The Kier molecular flexibility index (Phi) is 6.52. The predicted octanol–water partition coefficient (Wildman–Crippen LogP) is 3.71. The molecular weight excluding hydrogens is 425 g/mol. The lowest BCUT2D eigenvalue weighted by molar-refractivity contribution is -0.141. The summed E-state index contributed by atoms with van der Waals surface area (Å²) >= 11 is 0. The van der Waals surface area contributed by atoms with Gasteiger partial charge >= 0.3 is 6.18 Å².